The molecule has 0 spiro atoms. The van der Waals surface area contributed by atoms with E-state index in [1.807, 2.05) is 0 Å². The molecule has 1 fully saturated rings. The van der Waals surface area contributed by atoms with E-state index in [1.165, 1.54) is 0 Å². The molecular weight excluding hydrogens is 148 g/mol. The van der Waals surface area contributed by atoms with Crippen LogP contribution in [0.1, 0.15) is 41.0 Å². The minimum Gasteiger partial charge on any atom is -0.375 e. The largest absolute Gasteiger partial charge is 0.375 e. The molecule has 0 bridgehead atoms. The second kappa shape index (κ2) is 3.78. The van der Waals surface area contributed by atoms with Gasteiger partial charge in [-0.2, -0.15) is 0 Å². The number of rotatable bonds is 1. The highest BCUT2D eigenvalue weighted by atomic mass is 16.5. The number of hydrogen-bond acceptors (Lipinski definition) is 1. The third-order valence-electron chi connectivity index (χ3n) is 3.78. The molecule has 0 amide bonds. The zero-order chi connectivity index (χ0) is 9.30. The summed E-state index contributed by atoms with van der Waals surface area (Å²) in [4.78, 5) is 0. The van der Waals surface area contributed by atoms with E-state index in [2.05, 4.69) is 34.6 Å². The average Bonchev–Trinajstić information content (AvgIpc) is 2.08. The van der Waals surface area contributed by atoms with Gasteiger partial charge in [-0.15, -0.1) is 0 Å². The Morgan fingerprint density at radius 1 is 0.917 bits per heavy atom. The Balaban J connectivity index is 2.63. The van der Waals surface area contributed by atoms with Gasteiger partial charge >= 0.3 is 0 Å². The van der Waals surface area contributed by atoms with E-state index in [-0.39, 0.29) is 0 Å². The minimum atomic E-state index is 0.446. The van der Waals surface area contributed by atoms with Gasteiger partial charge in [0, 0.05) is 0 Å². The number of hydrogen-bond donors (Lipinski definition) is 0. The highest BCUT2D eigenvalue weighted by Gasteiger charge is 2.35. The summed E-state index contributed by atoms with van der Waals surface area (Å²) in [6, 6.07) is 0. The van der Waals surface area contributed by atoms with Crippen molar-refractivity contribution in [3.05, 3.63) is 0 Å². The average molecular weight is 170 g/mol. The Labute approximate surface area is 76.5 Å². The summed E-state index contributed by atoms with van der Waals surface area (Å²) in [5.41, 5.74) is 0. The topological polar surface area (TPSA) is 9.23 Å². The zero-order valence-electron chi connectivity index (χ0n) is 9.00. The lowest BCUT2D eigenvalue weighted by Gasteiger charge is -2.42. The molecule has 12 heavy (non-hydrogen) atoms. The van der Waals surface area contributed by atoms with Crippen LogP contribution in [0.2, 0.25) is 0 Å². The molecule has 1 aliphatic rings. The maximum absolute atomic E-state index is 5.93. The Morgan fingerprint density at radius 2 is 1.50 bits per heavy atom. The monoisotopic (exact) mass is 170 g/mol. The van der Waals surface area contributed by atoms with Crippen molar-refractivity contribution in [1.82, 2.24) is 0 Å². The molecule has 0 aromatic rings. The van der Waals surface area contributed by atoms with Crippen LogP contribution in [0.3, 0.4) is 0 Å². The van der Waals surface area contributed by atoms with Crippen molar-refractivity contribution in [3.8, 4) is 0 Å². The predicted octanol–water partition coefficient (Wildman–Crippen LogP) is 3.09. The molecule has 1 nitrogen and oxygen atoms in total. The van der Waals surface area contributed by atoms with Gasteiger partial charge in [0.1, 0.15) is 0 Å². The molecule has 1 saturated heterocycles. The van der Waals surface area contributed by atoms with E-state index in [9.17, 15) is 0 Å². The van der Waals surface area contributed by atoms with Gasteiger partial charge in [0.15, 0.2) is 0 Å². The fourth-order valence-corrected chi connectivity index (χ4v) is 2.24. The SMILES string of the molecule is CCC1OC(C)C(C)C(C)C1C. The molecule has 72 valence electrons. The molecule has 5 atom stereocenters. The third kappa shape index (κ3) is 1.66. The van der Waals surface area contributed by atoms with Gasteiger partial charge in [0.05, 0.1) is 12.2 Å². The Hall–Kier alpha value is -0.0400. The second-order valence-corrected chi connectivity index (χ2v) is 4.37. The summed E-state index contributed by atoms with van der Waals surface area (Å²) in [5.74, 6) is 2.24. The molecule has 1 aliphatic heterocycles. The first-order chi connectivity index (χ1) is 5.57. The fourth-order valence-electron chi connectivity index (χ4n) is 2.24. The molecule has 0 aromatic heterocycles. The normalized spacial score (nSPS) is 49.2. The molecule has 0 saturated carbocycles. The molecule has 0 N–H and O–H groups in total. The lowest BCUT2D eigenvalue weighted by molar-refractivity contribution is -0.125. The van der Waals surface area contributed by atoms with Gasteiger partial charge in [-0.3, -0.25) is 0 Å². The molecular formula is C11H22O. The molecule has 1 rings (SSSR count). The maximum Gasteiger partial charge on any atom is 0.0604 e. The van der Waals surface area contributed by atoms with Gasteiger partial charge in [0.2, 0.25) is 0 Å². The smallest absolute Gasteiger partial charge is 0.0604 e. The van der Waals surface area contributed by atoms with E-state index in [0.717, 1.165) is 18.3 Å². The first-order valence-electron chi connectivity index (χ1n) is 5.23. The minimum absolute atomic E-state index is 0.446. The molecule has 0 aromatic carbocycles. The summed E-state index contributed by atoms with van der Waals surface area (Å²) < 4.78 is 5.93. The van der Waals surface area contributed by atoms with Crippen LogP contribution in [0.4, 0.5) is 0 Å². The van der Waals surface area contributed by atoms with Crippen LogP contribution in [-0.2, 0) is 4.74 Å². The quantitative estimate of drug-likeness (QED) is 0.587. The highest BCUT2D eigenvalue weighted by molar-refractivity contribution is 4.83. The van der Waals surface area contributed by atoms with E-state index >= 15 is 0 Å². The van der Waals surface area contributed by atoms with Crippen molar-refractivity contribution in [1.29, 1.82) is 0 Å². The van der Waals surface area contributed by atoms with Crippen LogP contribution in [0, 0.1) is 17.8 Å². The molecule has 5 unspecified atom stereocenters. The van der Waals surface area contributed by atoms with Crippen LogP contribution < -0.4 is 0 Å². The van der Waals surface area contributed by atoms with E-state index in [4.69, 9.17) is 4.74 Å². The maximum atomic E-state index is 5.93. The van der Waals surface area contributed by atoms with Gasteiger partial charge in [-0.1, -0.05) is 27.7 Å². The summed E-state index contributed by atoms with van der Waals surface area (Å²) in [5, 5.41) is 0. The van der Waals surface area contributed by atoms with Gasteiger partial charge in [-0.05, 0) is 31.1 Å². The van der Waals surface area contributed by atoms with Gasteiger partial charge < -0.3 is 4.74 Å². The van der Waals surface area contributed by atoms with E-state index < -0.39 is 0 Å². The highest BCUT2D eigenvalue weighted by Crippen LogP contribution is 2.35. The van der Waals surface area contributed by atoms with Crippen molar-refractivity contribution < 1.29 is 4.74 Å². The standard InChI is InChI=1S/C11H22O/c1-6-11-9(4)7(2)8(3)10(5)12-11/h7-11H,6H2,1-5H3. The second-order valence-electron chi connectivity index (χ2n) is 4.37. The molecule has 0 radical (unpaired) electrons. The molecule has 1 heterocycles. The lowest BCUT2D eigenvalue weighted by Crippen LogP contribution is -2.42. The predicted molar refractivity (Wildman–Crippen MR) is 52.1 cm³/mol. The number of ether oxygens (including phenoxy) is 1. The molecule has 1 heteroatoms. The lowest BCUT2D eigenvalue weighted by atomic mass is 9.76. The van der Waals surface area contributed by atoms with Crippen molar-refractivity contribution in [2.24, 2.45) is 17.8 Å². The Bertz CT molecular complexity index is 139. The summed E-state index contributed by atoms with van der Waals surface area (Å²) >= 11 is 0. The summed E-state index contributed by atoms with van der Waals surface area (Å²) in [6.45, 7) is 11.4. The van der Waals surface area contributed by atoms with E-state index in [1.54, 1.807) is 0 Å². The summed E-state index contributed by atoms with van der Waals surface area (Å²) in [6.07, 6.45) is 2.09. The van der Waals surface area contributed by atoms with Crippen LogP contribution in [-0.4, -0.2) is 12.2 Å². The Morgan fingerprint density at radius 3 is 2.00 bits per heavy atom. The van der Waals surface area contributed by atoms with Gasteiger partial charge in [0.25, 0.3) is 0 Å². The van der Waals surface area contributed by atoms with Gasteiger partial charge in [-0.25, -0.2) is 0 Å². The molecule has 0 aliphatic carbocycles. The Kier molecular flexibility index (Phi) is 3.16. The zero-order valence-corrected chi connectivity index (χ0v) is 9.00. The van der Waals surface area contributed by atoms with Crippen LogP contribution in [0.25, 0.3) is 0 Å². The fraction of sp³-hybridized carbons (Fsp3) is 1.00. The first kappa shape index (κ1) is 10.0. The third-order valence-corrected chi connectivity index (χ3v) is 3.78. The van der Waals surface area contributed by atoms with Crippen molar-refractivity contribution in [2.75, 3.05) is 0 Å². The van der Waals surface area contributed by atoms with Crippen LogP contribution in [0.15, 0.2) is 0 Å². The van der Waals surface area contributed by atoms with E-state index in [0.29, 0.717) is 18.1 Å². The van der Waals surface area contributed by atoms with Crippen molar-refractivity contribution in [2.45, 2.75) is 53.2 Å². The van der Waals surface area contributed by atoms with Crippen LogP contribution in [0.5, 0.6) is 0 Å². The van der Waals surface area contributed by atoms with Crippen LogP contribution >= 0.6 is 0 Å². The van der Waals surface area contributed by atoms with Crippen molar-refractivity contribution in [3.63, 3.8) is 0 Å². The summed E-state index contributed by atoms with van der Waals surface area (Å²) in [7, 11) is 0. The van der Waals surface area contributed by atoms with Crippen molar-refractivity contribution >= 4 is 0 Å². The first-order valence-corrected chi connectivity index (χ1v) is 5.23.